The molecule has 0 bridgehead atoms. The number of carbonyl (C=O) groups is 2. The largest absolute Gasteiger partial charge is 0.461 e. The molecule has 0 heterocycles. The Morgan fingerprint density at radius 1 is 0.861 bits per heavy atom. The van der Waals surface area contributed by atoms with Gasteiger partial charge < -0.3 is 19.7 Å². The van der Waals surface area contributed by atoms with Crippen LogP contribution >= 0.6 is 0 Å². The number of aliphatic hydroxyl groups excluding tert-OH is 2. The number of halogens is 1. The second kappa shape index (κ2) is 16.3. The molecule has 1 saturated carbocycles. The molecule has 200 valence electrons. The number of aryl methyl sites for hydroxylation is 1. The van der Waals surface area contributed by atoms with Gasteiger partial charge in [-0.15, -0.1) is 0 Å². The Kier molecular flexibility index (Phi) is 13.4. The number of benzene rings is 1. The number of unbranched alkanes of at least 4 members (excludes halogenated alkanes) is 1. The molecule has 1 aromatic rings. The number of ether oxygens (including phenoxy) is 2. The molecule has 1 aromatic carbocycles. The third kappa shape index (κ3) is 10.2. The van der Waals surface area contributed by atoms with Gasteiger partial charge in [0.05, 0.1) is 37.0 Å². The molecule has 0 aromatic heterocycles. The van der Waals surface area contributed by atoms with Crippen LogP contribution in [0.25, 0.3) is 0 Å². The smallest absolute Gasteiger partial charge is 0.335 e. The topological polar surface area (TPSA) is 93.1 Å². The number of aliphatic hydroxyl groups is 2. The van der Waals surface area contributed by atoms with E-state index in [0.717, 1.165) is 43.1 Å². The summed E-state index contributed by atoms with van der Waals surface area (Å²) in [4.78, 5) is 23.9. The molecule has 1 fully saturated rings. The van der Waals surface area contributed by atoms with Gasteiger partial charge in [0, 0.05) is 0 Å². The molecular formula is C29H41FO6. The Labute approximate surface area is 214 Å². The van der Waals surface area contributed by atoms with E-state index in [2.05, 4.69) is 13.2 Å². The lowest BCUT2D eigenvalue weighted by Crippen LogP contribution is -2.21. The second-order valence-electron chi connectivity index (χ2n) is 9.77. The van der Waals surface area contributed by atoms with Crippen LogP contribution in [0.15, 0.2) is 48.6 Å². The maximum absolute atomic E-state index is 12.3. The van der Waals surface area contributed by atoms with Crippen molar-refractivity contribution in [2.75, 3.05) is 33.1 Å². The molecule has 7 heteroatoms. The van der Waals surface area contributed by atoms with Gasteiger partial charge >= 0.3 is 11.9 Å². The van der Waals surface area contributed by atoms with E-state index in [1.54, 1.807) is 0 Å². The summed E-state index contributed by atoms with van der Waals surface area (Å²) < 4.78 is 22.8. The molecule has 0 amide bonds. The van der Waals surface area contributed by atoms with E-state index in [9.17, 15) is 14.0 Å². The molecule has 0 unspecified atom stereocenters. The highest BCUT2D eigenvalue weighted by Crippen LogP contribution is 2.34. The van der Waals surface area contributed by atoms with Crippen LogP contribution < -0.4 is 0 Å². The number of hydrogen-bond acceptors (Lipinski definition) is 6. The summed E-state index contributed by atoms with van der Waals surface area (Å²) in [6, 6.07) is 8.00. The third-order valence-electron chi connectivity index (χ3n) is 7.05. The molecule has 0 saturated heterocycles. The molecule has 2 rings (SSSR count). The lowest BCUT2D eigenvalue weighted by molar-refractivity contribution is -0.142. The van der Waals surface area contributed by atoms with E-state index in [0.29, 0.717) is 6.42 Å². The van der Waals surface area contributed by atoms with Gasteiger partial charge in [-0.25, -0.2) is 9.59 Å². The van der Waals surface area contributed by atoms with E-state index >= 15 is 0 Å². The Hall–Kier alpha value is -2.51. The summed E-state index contributed by atoms with van der Waals surface area (Å²) in [7, 11) is 0. The molecule has 0 radical (unpaired) electrons. The maximum Gasteiger partial charge on any atom is 0.335 e. The van der Waals surface area contributed by atoms with Crippen LogP contribution in [-0.4, -0.2) is 55.3 Å². The van der Waals surface area contributed by atoms with E-state index in [4.69, 9.17) is 19.7 Å². The minimum atomic E-state index is -0.706. The van der Waals surface area contributed by atoms with Gasteiger partial charge in [0.15, 0.2) is 0 Å². The fraction of sp³-hybridized carbons (Fsp3) is 0.586. The maximum atomic E-state index is 12.3. The van der Waals surface area contributed by atoms with E-state index in [-0.39, 0.29) is 31.0 Å². The quantitative estimate of drug-likeness (QED) is 0.190. The van der Waals surface area contributed by atoms with Crippen molar-refractivity contribution in [1.82, 2.24) is 0 Å². The Balaban J connectivity index is 1.89. The average Bonchev–Trinajstić information content (AvgIpc) is 2.91. The fourth-order valence-electron chi connectivity index (χ4n) is 4.59. The first kappa shape index (κ1) is 29.7. The van der Waals surface area contributed by atoms with E-state index < -0.39 is 31.1 Å². The van der Waals surface area contributed by atoms with Gasteiger partial charge in [-0.3, -0.25) is 4.39 Å². The highest BCUT2D eigenvalue weighted by molar-refractivity contribution is 5.88. The van der Waals surface area contributed by atoms with Gasteiger partial charge in [0.2, 0.25) is 0 Å². The van der Waals surface area contributed by atoms with Crippen LogP contribution in [0.2, 0.25) is 0 Å². The van der Waals surface area contributed by atoms with Crippen LogP contribution in [0.1, 0.15) is 68.4 Å². The minimum Gasteiger partial charge on any atom is -0.461 e. The van der Waals surface area contributed by atoms with Gasteiger partial charge in [-0.2, -0.15) is 0 Å². The summed E-state index contributed by atoms with van der Waals surface area (Å²) >= 11 is 0. The molecule has 1 aliphatic carbocycles. The standard InChI is InChI=1S/C29H41FO6/c1-21(17-31)28(33)35-19-27(20-36-29(34)22(2)18-32)26-14-12-25(13-15-26)11-10-24-8-6-23(7-9-24)5-3-4-16-30/h12-15,23-24,27,31-32H,1-11,16-20H2. The summed E-state index contributed by atoms with van der Waals surface area (Å²) in [6.07, 6.45) is 9.97. The molecule has 0 aliphatic heterocycles. The van der Waals surface area contributed by atoms with Crippen LogP contribution in [0.4, 0.5) is 4.39 Å². The zero-order valence-corrected chi connectivity index (χ0v) is 21.3. The van der Waals surface area contributed by atoms with Crippen molar-refractivity contribution in [2.24, 2.45) is 11.8 Å². The fourth-order valence-corrected chi connectivity index (χ4v) is 4.59. The minimum absolute atomic E-state index is 0.0509. The van der Waals surface area contributed by atoms with Crippen molar-refractivity contribution in [3.8, 4) is 0 Å². The predicted octanol–water partition coefficient (Wildman–Crippen LogP) is 4.83. The van der Waals surface area contributed by atoms with Crippen molar-refractivity contribution in [2.45, 2.75) is 63.7 Å². The Bertz CT molecular complexity index is 810. The van der Waals surface area contributed by atoms with Crippen molar-refractivity contribution in [3.63, 3.8) is 0 Å². The lowest BCUT2D eigenvalue weighted by Gasteiger charge is -2.28. The number of alkyl halides is 1. The normalized spacial score (nSPS) is 17.6. The Morgan fingerprint density at radius 2 is 1.36 bits per heavy atom. The summed E-state index contributed by atoms with van der Waals surface area (Å²) in [6.45, 7) is 5.62. The van der Waals surface area contributed by atoms with Gasteiger partial charge in [-0.05, 0) is 42.2 Å². The highest BCUT2D eigenvalue weighted by Gasteiger charge is 2.22. The zero-order valence-electron chi connectivity index (χ0n) is 21.3. The molecule has 36 heavy (non-hydrogen) atoms. The third-order valence-corrected chi connectivity index (χ3v) is 7.05. The van der Waals surface area contributed by atoms with Gasteiger partial charge in [-0.1, -0.05) is 75.9 Å². The first-order chi connectivity index (χ1) is 17.4. The zero-order chi connectivity index (χ0) is 26.3. The second-order valence-corrected chi connectivity index (χ2v) is 9.77. The number of carbonyl (C=O) groups excluding carboxylic acids is 2. The van der Waals surface area contributed by atoms with Crippen molar-refractivity contribution in [1.29, 1.82) is 0 Å². The van der Waals surface area contributed by atoms with Gasteiger partial charge in [0.25, 0.3) is 0 Å². The van der Waals surface area contributed by atoms with Crippen molar-refractivity contribution >= 4 is 11.9 Å². The first-order valence-electron chi connectivity index (χ1n) is 12.9. The monoisotopic (exact) mass is 504 g/mol. The van der Waals surface area contributed by atoms with Crippen LogP contribution in [0, 0.1) is 11.8 Å². The summed E-state index contributed by atoms with van der Waals surface area (Å²) in [5.41, 5.74) is 1.96. The molecule has 1 aliphatic rings. The molecule has 0 atom stereocenters. The van der Waals surface area contributed by atoms with Crippen molar-refractivity contribution < 1.29 is 33.7 Å². The first-order valence-corrected chi connectivity index (χ1v) is 12.9. The SMILES string of the molecule is C=C(CO)C(=O)OCC(COC(=O)C(=C)CO)c1ccc(CCC2CCC(CCCCF)CC2)cc1. The number of rotatable bonds is 16. The predicted molar refractivity (Wildman–Crippen MR) is 137 cm³/mol. The van der Waals surface area contributed by atoms with Crippen LogP contribution in [-0.2, 0) is 25.5 Å². The van der Waals surface area contributed by atoms with Crippen LogP contribution in [0.5, 0.6) is 0 Å². The lowest BCUT2D eigenvalue weighted by atomic mass is 9.78. The highest BCUT2D eigenvalue weighted by atomic mass is 19.1. The Morgan fingerprint density at radius 3 is 1.83 bits per heavy atom. The molecule has 2 N–H and O–H groups in total. The summed E-state index contributed by atoms with van der Waals surface area (Å²) in [5.74, 6) is -0.341. The molecule has 0 spiro atoms. The van der Waals surface area contributed by atoms with E-state index in [1.807, 2.05) is 24.3 Å². The number of esters is 2. The van der Waals surface area contributed by atoms with Gasteiger partial charge in [0.1, 0.15) is 13.2 Å². The average molecular weight is 505 g/mol. The van der Waals surface area contributed by atoms with Crippen LogP contribution in [0.3, 0.4) is 0 Å². The van der Waals surface area contributed by atoms with Crippen molar-refractivity contribution in [3.05, 3.63) is 59.7 Å². The molecule has 6 nitrogen and oxygen atoms in total. The van der Waals surface area contributed by atoms with E-state index in [1.165, 1.54) is 31.2 Å². The summed E-state index contributed by atoms with van der Waals surface area (Å²) in [5, 5.41) is 18.1. The number of hydrogen-bond donors (Lipinski definition) is 2. The molecular weight excluding hydrogens is 463 g/mol.